The van der Waals surface area contributed by atoms with Gasteiger partial charge in [0.2, 0.25) is 0 Å². The lowest BCUT2D eigenvalue weighted by Crippen LogP contribution is -2.04. The molecule has 80 valence electrons. The van der Waals surface area contributed by atoms with Gasteiger partial charge in [0.05, 0.1) is 0 Å². The second-order valence-corrected chi connectivity index (χ2v) is 3.55. The number of phenolic OH excluding ortho intramolecular Hbond substituents is 1. The van der Waals surface area contributed by atoms with Gasteiger partial charge < -0.3 is 9.84 Å². The van der Waals surface area contributed by atoms with Crippen LogP contribution in [-0.4, -0.2) is 11.1 Å². The Bertz CT molecular complexity index is 427. The summed E-state index contributed by atoms with van der Waals surface area (Å²) in [5.74, 6) is -0.667. The van der Waals surface area contributed by atoms with Crippen LogP contribution in [0.2, 0.25) is 10.0 Å². The molecule has 0 saturated carbocycles. The summed E-state index contributed by atoms with van der Waals surface area (Å²) in [5.41, 5.74) is 0.469. The summed E-state index contributed by atoms with van der Waals surface area (Å²) in [7, 11) is 0. The van der Waals surface area contributed by atoms with E-state index in [2.05, 4.69) is 6.58 Å². The number of aromatic hydroxyl groups is 1. The number of aryl methyl sites for hydroxylation is 1. The van der Waals surface area contributed by atoms with Crippen molar-refractivity contribution in [1.82, 2.24) is 0 Å². The third-order valence-corrected chi connectivity index (χ3v) is 2.56. The fraction of sp³-hybridized carbons (Fsp3) is 0.100. The van der Waals surface area contributed by atoms with Crippen LogP contribution in [0.1, 0.15) is 5.56 Å². The summed E-state index contributed by atoms with van der Waals surface area (Å²) >= 11 is 11.5. The van der Waals surface area contributed by atoms with E-state index in [-0.39, 0.29) is 21.5 Å². The maximum absolute atomic E-state index is 10.9. The van der Waals surface area contributed by atoms with Crippen LogP contribution in [0.25, 0.3) is 0 Å². The molecular formula is C10H8Cl2O3. The predicted octanol–water partition coefficient (Wildman–Crippen LogP) is 3.10. The minimum Gasteiger partial charge on any atom is -0.506 e. The molecular weight excluding hydrogens is 239 g/mol. The van der Waals surface area contributed by atoms with Crippen molar-refractivity contribution in [3.05, 3.63) is 34.3 Å². The third-order valence-electron chi connectivity index (χ3n) is 1.72. The number of phenols is 1. The maximum Gasteiger partial charge on any atom is 0.335 e. The molecule has 0 aliphatic carbocycles. The second-order valence-electron chi connectivity index (χ2n) is 2.79. The zero-order chi connectivity index (χ0) is 11.6. The fourth-order valence-electron chi connectivity index (χ4n) is 0.938. The largest absolute Gasteiger partial charge is 0.506 e. The summed E-state index contributed by atoms with van der Waals surface area (Å²) in [5, 5.41) is 9.38. The molecule has 0 radical (unpaired) electrons. The summed E-state index contributed by atoms with van der Waals surface area (Å²) in [6, 6.07) is 1.42. The molecule has 0 aromatic heterocycles. The van der Waals surface area contributed by atoms with Crippen LogP contribution in [-0.2, 0) is 4.79 Å². The Morgan fingerprint density at radius 3 is 2.67 bits per heavy atom. The monoisotopic (exact) mass is 246 g/mol. The Balaban J connectivity index is 3.20. The smallest absolute Gasteiger partial charge is 0.335 e. The van der Waals surface area contributed by atoms with Crippen LogP contribution < -0.4 is 4.74 Å². The maximum atomic E-state index is 10.9. The van der Waals surface area contributed by atoms with Crippen LogP contribution in [0.15, 0.2) is 18.7 Å². The van der Waals surface area contributed by atoms with Gasteiger partial charge in [-0.05, 0) is 18.6 Å². The lowest BCUT2D eigenvalue weighted by atomic mass is 10.2. The van der Waals surface area contributed by atoms with E-state index < -0.39 is 5.97 Å². The third kappa shape index (κ3) is 2.43. The molecule has 0 fully saturated rings. The molecule has 0 aliphatic rings. The molecule has 1 aromatic carbocycles. The highest BCUT2D eigenvalue weighted by Gasteiger charge is 2.15. The van der Waals surface area contributed by atoms with E-state index >= 15 is 0 Å². The van der Waals surface area contributed by atoms with Gasteiger partial charge in [0, 0.05) is 6.08 Å². The normalized spacial score (nSPS) is 9.80. The molecule has 0 aliphatic heterocycles. The molecule has 0 unspecified atom stereocenters. The second kappa shape index (κ2) is 4.55. The Kier molecular flexibility index (Phi) is 3.61. The number of hydrogen-bond acceptors (Lipinski definition) is 3. The first-order valence-electron chi connectivity index (χ1n) is 3.99. The van der Waals surface area contributed by atoms with E-state index in [1.807, 2.05) is 0 Å². The first-order chi connectivity index (χ1) is 6.97. The van der Waals surface area contributed by atoms with Gasteiger partial charge in [0.15, 0.2) is 5.75 Å². The van der Waals surface area contributed by atoms with Crippen molar-refractivity contribution in [3.8, 4) is 11.5 Å². The number of esters is 1. The van der Waals surface area contributed by atoms with Crippen LogP contribution in [0.4, 0.5) is 0 Å². The van der Waals surface area contributed by atoms with Crippen LogP contribution >= 0.6 is 23.2 Å². The lowest BCUT2D eigenvalue weighted by molar-refractivity contribution is -0.128. The molecule has 0 saturated heterocycles. The molecule has 15 heavy (non-hydrogen) atoms. The van der Waals surface area contributed by atoms with Gasteiger partial charge in [0.1, 0.15) is 15.8 Å². The molecule has 3 nitrogen and oxygen atoms in total. The average Bonchev–Trinajstić information content (AvgIpc) is 2.22. The van der Waals surface area contributed by atoms with Gasteiger partial charge in [0.25, 0.3) is 0 Å². The first kappa shape index (κ1) is 11.9. The Labute approximate surface area is 96.9 Å². The lowest BCUT2D eigenvalue weighted by Gasteiger charge is -2.09. The number of hydrogen-bond donors (Lipinski definition) is 1. The predicted molar refractivity (Wildman–Crippen MR) is 58.7 cm³/mol. The number of benzene rings is 1. The molecule has 0 amide bonds. The van der Waals surface area contributed by atoms with Gasteiger partial charge in [-0.1, -0.05) is 29.8 Å². The van der Waals surface area contributed by atoms with Crippen molar-refractivity contribution in [2.24, 2.45) is 0 Å². The highest BCUT2D eigenvalue weighted by atomic mass is 35.5. The minimum absolute atomic E-state index is 0.00466. The Morgan fingerprint density at radius 2 is 2.13 bits per heavy atom. The van der Waals surface area contributed by atoms with E-state index in [4.69, 9.17) is 27.9 Å². The molecule has 1 rings (SSSR count). The van der Waals surface area contributed by atoms with Crippen molar-refractivity contribution in [2.45, 2.75) is 6.92 Å². The fourth-order valence-corrected chi connectivity index (χ4v) is 1.36. The van der Waals surface area contributed by atoms with E-state index in [1.165, 1.54) is 6.07 Å². The standard InChI is InChI=1S/C10H8Cl2O3/c1-3-7(13)15-6-4-5(2)10(14)9(12)8(6)11/h3-4,14H,1H2,2H3. The topological polar surface area (TPSA) is 46.5 Å². The molecule has 0 heterocycles. The minimum atomic E-state index is -0.641. The number of carbonyl (C=O) groups is 1. The highest BCUT2D eigenvalue weighted by molar-refractivity contribution is 6.44. The number of carbonyl (C=O) groups excluding carboxylic acids is 1. The zero-order valence-electron chi connectivity index (χ0n) is 7.88. The average molecular weight is 247 g/mol. The van der Waals surface area contributed by atoms with Gasteiger partial charge in [-0.2, -0.15) is 0 Å². The van der Waals surface area contributed by atoms with Crippen LogP contribution in [0.5, 0.6) is 11.5 Å². The summed E-state index contributed by atoms with van der Waals surface area (Å²) in [4.78, 5) is 10.9. The van der Waals surface area contributed by atoms with Gasteiger partial charge in [-0.3, -0.25) is 0 Å². The van der Waals surface area contributed by atoms with E-state index in [9.17, 15) is 9.90 Å². The highest BCUT2D eigenvalue weighted by Crippen LogP contribution is 2.40. The first-order valence-corrected chi connectivity index (χ1v) is 4.74. The molecule has 1 aromatic rings. The van der Waals surface area contributed by atoms with Crippen LogP contribution in [0, 0.1) is 6.92 Å². The molecule has 0 spiro atoms. The summed E-state index contributed by atoms with van der Waals surface area (Å²) in [6.07, 6.45) is 1.01. The number of ether oxygens (including phenoxy) is 1. The van der Waals surface area contributed by atoms with Crippen LogP contribution in [0.3, 0.4) is 0 Å². The van der Waals surface area contributed by atoms with E-state index in [1.54, 1.807) is 6.92 Å². The van der Waals surface area contributed by atoms with Crippen molar-refractivity contribution in [2.75, 3.05) is 0 Å². The molecule has 0 bridgehead atoms. The quantitative estimate of drug-likeness (QED) is 0.496. The zero-order valence-corrected chi connectivity index (χ0v) is 9.39. The van der Waals surface area contributed by atoms with Crippen molar-refractivity contribution in [1.29, 1.82) is 0 Å². The van der Waals surface area contributed by atoms with E-state index in [0.29, 0.717) is 5.56 Å². The SMILES string of the molecule is C=CC(=O)Oc1cc(C)c(O)c(Cl)c1Cl. The molecule has 5 heteroatoms. The molecule has 1 N–H and O–H groups in total. The van der Waals surface area contributed by atoms with Crippen molar-refractivity contribution in [3.63, 3.8) is 0 Å². The van der Waals surface area contributed by atoms with Crippen molar-refractivity contribution >= 4 is 29.2 Å². The number of halogens is 2. The summed E-state index contributed by atoms with van der Waals surface area (Å²) in [6.45, 7) is 4.86. The van der Waals surface area contributed by atoms with Gasteiger partial charge >= 0.3 is 5.97 Å². The van der Waals surface area contributed by atoms with Gasteiger partial charge in [-0.25, -0.2) is 4.79 Å². The Hall–Kier alpha value is -1.19. The van der Waals surface area contributed by atoms with Crippen molar-refractivity contribution < 1.29 is 14.6 Å². The van der Waals surface area contributed by atoms with Gasteiger partial charge in [-0.15, -0.1) is 0 Å². The summed E-state index contributed by atoms with van der Waals surface area (Å²) < 4.78 is 4.83. The number of rotatable bonds is 2. The Morgan fingerprint density at radius 1 is 1.53 bits per heavy atom. The molecule has 0 atom stereocenters. The van der Waals surface area contributed by atoms with E-state index in [0.717, 1.165) is 6.08 Å².